The SMILES string of the molecule is CCCCOC(=O)c1csc(Oc2ccc(OC(C)C(=O)C(C#N)C(=O)N(C)c3cc4cc(Cl)ccc4o3)cc2)n1. The van der Waals surface area contributed by atoms with Crippen molar-refractivity contribution in [3.05, 3.63) is 64.6 Å². The van der Waals surface area contributed by atoms with Crippen LogP contribution >= 0.6 is 22.9 Å². The van der Waals surface area contributed by atoms with Crippen molar-refractivity contribution < 1.29 is 33.0 Å². The van der Waals surface area contributed by atoms with Crippen LogP contribution in [0.5, 0.6) is 16.7 Å². The third-order valence-electron chi connectivity index (χ3n) is 5.95. The van der Waals surface area contributed by atoms with Gasteiger partial charge in [-0.2, -0.15) is 10.2 Å². The molecular formula is C29H26ClN3O7S. The second-order valence-corrected chi connectivity index (χ2v) is 10.2. The molecule has 0 spiro atoms. The second kappa shape index (κ2) is 13.3. The van der Waals surface area contributed by atoms with Crippen LogP contribution in [0.25, 0.3) is 11.0 Å². The molecule has 2 heterocycles. The Bertz CT molecular complexity index is 1590. The number of aromatic nitrogens is 1. The second-order valence-electron chi connectivity index (χ2n) is 8.95. The average molecular weight is 596 g/mol. The number of ketones is 1. The van der Waals surface area contributed by atoms with Gasteiger partial charge in [-0.3, -0.25) is 14.5 Å². The fraction of sp³-hybridized carbons (Fsp3) is 0.276. The summed E-state index contributed by atoms with van der Waals surface area (Å²) < 4.78 is 22.2. The number of carbonyl (C=O) groups excluding carboxylic acids is 3. The Kier molecular flexibility index (Phi) is 9.60. The molecule has 0 bridgehead atoms. The van der Waals surface area contributed by atoms with E-state index in [0.717, 1.165) is 29.1 Å². The molecule has 41 heavy (non-hydrogen) atoms. The van der Waals surface area contributed by atoms with Gasteiger partial charge < -0.3 is 18.6 Å². The number of furan rings is 1. The Hall–Kier alpha value is -4.40. The molecule has 12 heteroatoms. The maximum Gasteiger partial charge on any atom is 0.357 e. The Morgan fingerprint density at radius 3 is 2.59 bits per heavy atom. The molecule has 0 radical (unpaired) electrons. The van der Waals surface area contributed by atoms with Crippen molar-refractivity contribution in [2.24, 2.45) is 5.92 Å². The van der Waals surface area contributed by atoms with E-state index < -0.39 is 29.7 Å². The number of benzene rings is 2. The van der Waals surface area contributed by atoms with Gasteiger partial charge in [0, 0.05) is 28.9 Å². The Morgan fingerprint density at radius 2 is 1.88 bits per heavy atom. The number of hydrogen-bond donors (Lipinski definition) is 0. The van der Waals surface area contributed by atoms with Crippen LogP contribution in [0.2, 0.25) is 5.02 Å². The highest BCUT2D eigenvalue weighted by Crippen LogP contribution is 2.30. The van der Waals surface area contributed by atoms with Gasteiger partial charge in [0.05, 0.1) is 12.7 Å². The summed E-state index contributed by atoms with van der Waals surface area (Å²) >= 11 is 7.16. The molecule has 2 aromatic carbocycles. The number of thiazole rings is 1. The smallest absolute Gasteiger partial charge is 0.357 e. The number of unbranched alkanes of at least 4 members (excludes halogenated alkanes) is 1. The predicted octanol–water partition coefficient (Wildman–Crippen LogP) is 6.43. The maximum atomic E-state index is 13.0. The van der Waals surface area contributed by atoms with Crippen LogP contribution < -0.4 is 14.4 Å². The summed E-state index contributed by atoms with van der Waals surface area (Å²) in [5.41, 5.74) is 0.679. The summed E-state index contributed by atoms with van der Waals surface area (Å²) in [6.07, 6.45) is 0.596. The van der Waals surface area contributed by atoms with Gasteiger partial charge in [0.1, 0.15) is 17.1 Å². The van der Waals surface area contributed by atoms with Gasteiger partial charge in [0.25, 0.3) is 11.1 Å². The van der Waals surface area contributed by atoms with Crippen molar-refractivity contribution in [1.29, 1.82) is 5.26 Å². The largest absolute Gasteiger partial charge is 0.483 e. The molecule has 0 aliphatic heterocycles. The van der Waals surface area contributed by atoms with Gasteiger partial charge in [0.15, 0.2) is 23.5 Å². The molecule has 0 aliphatic rings. The van der Waals surface area contributed by atoms with Gasteiger partial charge in [0.2, 0.25) is 5.88 Å². The zero-order valence-corrected chi connectivity index (χ0v) is 24.0. The van der Waals surface area contributed by atoms with E-state index in [1.807, 2.05) is 6.92 Å². The summed E-state index contributed by atoms with van der Waals surface area (Å²) in [4.78, 5) is 43.3. The van der Waals surface area contributed by atoms with Gasteiger partial charge in [-0.25, -0.2) is 4.79 Å². The molecule has 4 aromatic rings. The lowest BCUT2D eigenvalue weighted by Crippen LogP contribution is -2.41. The molecule has 10 nitrogen and oxygen atoms in total. The molecule has 0 N–H and O–H groups in total. The van der Waals surface area contributed by atoms with Gasteiger partial charge in [-0.1, -0.05) is 36.3 Å². The highest BCUT2D eigenvalue weighted by molar-refractivity contribution is 7.11. The van der Waals surface area contributed by atoms with Crippen molar-refractivity contribution in [3.63, 3.8) is 0 Å². The number of rotatable bonds is 12. The number of esters is 1. The summed E-state index contributed by atoms with van der Waals surface area (Å²) in [6, 6.07) is 14.7. The minimum Gasteiger partial charge on any atom is -0.483 e. The van der Waals surface area contributed by atoms with Crippen LogP contribution in [-0.2, 0) is 14.3 Å². The zero-order chi connectivity index (χ0) is 29.5. The third-order valence-corrected chi connectivity index (χ3v) is 6.91. The first-order chi connectivity index (χ1) is 19.7. The van der Waals surface area contributed by atoms with Crippen LogP contribution in [0.15, 0.2) is 58.3 Å². The predicted molar refractivity (Wildman–Crippen MR) is 153 cm³/mol. The molecule has 0 aliphatic carbocycles. The number of hydrogen-bond acceptors (Lipinski definition) is 10. The first kappa shape index (κ1) is 29.6. The third kappa shape index (κ3) is 7.22. The topological polar surface area (TPSA) is 132 Å². The zero-order valence-electron chi connectivity index (χ0n) is 22.5. The average Bonchev–Trinajstić information content (AvgIpc) is 3.61. The van der Waals surface area contributed by atoms with E-state index in [4.69, 9.17) is 30.2 Å². The molecular weight excluding hydrogens is 570 g/mol. The Balaban J connectivity index is 1.34. The summed E-state index contributed by atoms with van der Waals surface area (Å²) in [6.45, 7) is 3.80. The lowest BCUT2D eigenvalue weighted by atomic mass is 10.0. The monoisotopic (exact) mass is 595 g/mol. The number of Topliss-reactive ketones (excluding diaryl/α,β-unsaturated/α-hetero) is 1. The number of fused-ring (bicyclic) bond motifs is 1. The number of halogens is 1. The van der Waals surface area contributed by atoms with Crippen LogP contribution in [0.1, 0.15) is 37.2 Å². The van der Waals surface area contributed by atoms with E-state index in [1.54, 1.807) is 60.0 Å². The van der Waals surface area contributed by atoms with Crippen LogP contribution in [-0.4, -0.2) is 42.4 Å². The summed E-state index contributed by atoms with van der Waals surface area (Å²) in [5.74, 6) is -2.65. The molecule has 212 valence electrons. The quantitative estimate of drug-likeness (QED) is 0.103. The van der Waals surface area contributed by atoms with E-state index in [-0.39, 0.29) is 16.8 Å². The summed E-state index contributed by atoms with van der Waals surface area (Å²) in [5, 5.41) is 12.7. The fourth-order valence-electron chi connectivity index (χ4n) is 3.67. The maximum absolute atomic E-state index is 13.0. The van der Waals surface area contributed by atoms with Gasteiger partial charge >= 0.3 is 5.97 Å². The minimum absolute atomic E-state index is 0.171. The van der Waals surface area contributed by atoms with E-state index in [9.17, 15) is 19.6 Å². The van der Waals surface area contributed by atoms with Crippen LogP contribution in [0, 0.1) is 17.2 Å². The highest BCUT2D eigenvalue weighted by Gasteiger charge is 2.35. The van der Waals surface area contributed by atoms with Crippen molar-refractivity contribution in [2.45, 2.75) is 32.8 Å². The molecule has 0 saturated carbocycles. The lowest BCUT2D eigenvalue weighted by Gasteiger charge is -2.20. The van der Waals surface area contributed by atoms with E-state index >= 15 is 0 Å². The van der Waals surface area contributed by atoms with Gasteiger partial charge in [-0.15, -0.1) is 0 Å². The fourth-order valence-corrected chi connectivity index (χ4v) is 4.51. The number of carbonyl (C=O) groups is 3. The highest BCUT2D eigenvalue weighted by atomic mass is 35.5. The number of nitriles is 1. The first-order valence-electron chi connectivity index (χ1n) is 12.7. The Morgan fingerprint density at radius 1 is 1.15 bits per heavy atom. The van der Waals surface area contributed by atoms with E-state index in [0.29, 0.717) is 34.1 Å². The molecule has 2 aromatic heterocycles. The van der Waals surface area contributed by atoms with E-state index in [2.05, 4.69) is 4.98 Å². The van der Waals surface area contributed by atoms with Crippen LogP contribution in [0.3, 0.4) is 0 Å². The normalized spacial score (nSPS) is 12.3. The molecule has 4 rings (SSSR count). The number of nitrogens with zero attached hydrogens (tertiary/aromatic N) is 3. The summed E-state index contributed by atoms with van der Waals surface area (Å²) in [7, 11) is 1.42. The van der Waals surface area contributed by atoms with Gasteiger partial charge in [-0.05, 0) is 55.8 Å². The standard InChI is InChI=1S/C29H26ClN3O7S/c1-4-5-12-37-28(36)23-16-41-29(32-23)39-21-9-7-20(8-10-21)38-17(2)26(34)22(15-31)27(35)33(3)25-14-18-13-19(30)6-11-24(18)40-25/h6-11,13-14,16-17,22H,4-5,12H2,1-3H3. The van der Waals surface area contributed by atoms with Crippen molar-refractivity contribution in [3.8, 4) is 22.8 Å². The molecule has 2 atom stereocenters. The van der Waals surface area contributed by atoms with Crippen molar-refractivity contribution >= 4 is 57.5 Å². The van der Waals surface area contributed by atoms with Crippen molar-refractivity contribution in [1.82, 2.24) is 4.98 Å². The molecule has 0 fully saturated rings. The van der Waals surface area contributed by atoms with Crippen LogP contribution in [0.4, 0.5) is 5.88 Å². The number of amides is 1. The minimum atomic E-state index is -1.61. The Labute approximate surface area is 245 Å². The lowest BCUT2D eigenvalue weighted by molar-refractivity contribution is -0.134. The molecule has 2 unspecified atom stereocenters. The van der Waals surface area contributed by atoms with Crippen molar-refractivity contribution in [2.75, 3.05) is 18.6 Å². The molecule has 0 saturated heterocycles. The molecule has 1 amide bonds. The van der Waals surface area contributed by atoms with E-state index in [1.165, 1.54) is 14.0 Å². The first-order valence-corrected chi connectivity index (χ1v) is 13.9. The number of anilines is 1. The number of ether oxygens (including phenoxy) is 3.